The average Bonchev–Trinajstić information content (AvgIpc) is 2.23. The van der Waals surface area contributed by atoms with Crippen LogP contribution < -0.4 is 11.2 Å². The molecule has 0 bridgehead atoms. The number of aromatic amines is 1. The van der Waals surface area contributed by atoms with Crippen LogP contribution in [0.3, 0.4) is 0 Å². The Morgan fingerprint density at radius 2 is 2.19 bits per heavy atom. The Balaban J connectivity index is 3.00. The third-order valence-electron chi connectivity index (χ3n) is 2.00. The summed E-state index contributed by atoms with van der Waals surface area (Å²) >= 11 is 1.83. The standard InChI is InChI=1S/C9H13IN2O4/c1-5(4-13)16-6(2)12-3-7(10)8(14)11-9(12)15/h3,5-6,13H,4H2,1-2H3,(H,11,14,15)/t5-,6+/m0/s1. The molecule has 1 aromatic heterocycles. The van der Waals surface area contributed by atoms with Gasteiger partial charge in [-0.25, -0.2) is 4.79 Å². The van der Waals surface area contributed by atoms with Gasteiger partial charge >= 0.3 is 5.69 Å². The highest BCUT2D eigenvalue weighted by atomic mass is 127. The Hall–Kier alpha value is -0.670. The number of H-pyrrole nitrogens is 1. The van der Waals surface area contributed by atoms with Crippen LogP contribution >= 0.6 is 22.6 Å². The number of nitrogens with zero attached hydrogens (tertiary/aromatic N) is 1. The predicted molar refractivity (Wildman–Crippen MR) is 66.4 cm³/mol. The number of ether oxygens (including phenoxy) is 1. The first-order chi connectivity index (χ1) is 7.45. The Kier molecular flexibility index (Phi) is 4.69. The Bertz CT molecular complexity index is 467. The van der Waals surface area contributed by atoms with Crippen LogP contribution in [0.25, 0.3) is 0 Å². The maximum absolute atomic E-state index is 11.5. The molecular formula is C9H13IN2O4. The molecule has 0 radical (unpaired) electrons. The maximum atomic E-state index is 11.5. The summed E-state index contributed by atoms with van der Waals surface area (Å²) in [6.45, 7) is 3.24. The van der Waals surface area contributed by atoms with Crippen LogP contribution in [0.4, 0.5) is 0 Å². The minimum atomic E-state index is -0.542. The van der Waals surface area contributed by atoms with Crippen molar-refractivity contribution in [3.63, 3.8) is 0 Å². The van der Waals surface area contributed by atoms with Gasteiger partial charge in [-0.1, -0.05) is 0 Å². The molecule has 6 nitrogen and oxygen atoms in total. The second-order valence-electron chi connectivity index (χ2n) is 3.37. The van der Waals surface area contributed by atoms with Gasteiger partial charge in [0.15, 0.2) is 0 Å². The minimum Gasteiger partial charge on any atom is -0.394 e. The molecule has 0 amide bonds. The number of aromatic nitrogens is 2. The van der Waals surface area contributed by atoms with Gasteiger partial charge in [0, 0.05) is 6.20 Å². The van der Waals surface area contributed by atoms with Crippen molar-refractivity contribution in [3.8, 4) is 0 Å². The summed E-state index contributed by atoms with van der Waals surface area (Å²) in [5.74, 6) is 0. The first-order valence-corrected chi connectivity index (χ1v) is 5.81. The zero-order valence-electron chi connectivity index (χ0n) is 8.94. The van der Waals surface area contributed by atoms with Gasteiger partial charge in [0.05, 0.1) is 16.3 Å². The van der Waals surface area contributed by atoms with Crippen LogP contribution in [-0.2, 0) is 4.74 Å². The first kappa shape index (κ1) is 13.4. The van der Waals surface area contributed by atoms with E-state index in [2.05, 4.69) is 4.98 Å². The van der Waals surface area contributed by atoms with Gasteiger partial charge in [-0.2, -0.15) is 0 Å². The van der Waals surface area contributed by atoms with E-state index >= 15 is 0 Å². The van der Waals surface area contributed by atoms with E-state index in [0.29, 0.717) is 3.57 Å². The molecule has 7 heteroatoms. The van der Waals surface area contributed by atoms with Crippen molar-refractivity contribution in [3.05, 3.63) is 30.6 Å². The number of rotatable bonds is 4. The van der Waals surface area contributed by atoms with E-state index in [1.807, 2.05) is 22.6 Å². The molecule has 0 saturated heterocycles. The van der Waals surface area contributed by atoms with E-state index in [4.69, 9.17) is 9.84 Å². The molecule has 16 heavy (non-hydrogen) atoms. The number of halogens is 1. The van der Waals surface area contributed by atoms with Crippen molar-refractivity contribution in [2.24, 2.45) is 0 Å². The summed E-state index contributed by atoms with van der Waals surface area (Å²) in [7, 11) is 0. The summed E-state index contributed by atoms with van der Waals surface area (Å²) in [6, 6.07) is 0. The summed E-state index contributed by atoms with van der Waals surface area (Å²) in [4.78, 5) is 24.8. The Morgan fingerprint density at radius 3 is 2.75 bits per heavy atom. The number of hydrogen-bond acceptors (Lipinski definition) is 4. The molecule has 0 spiro atoms. The smallest absolute Gasteiger partial charge is 0.330 e. The fraction of sp³-hybridized carbons (Fsp3) is 0.556. The van der Waals surface area contributed by atoms with Gasteiger partial charge in [-0.05, 0) is 36.4 Å². The van der Waals surface area contributed by atoms with Crippen molar-refractivity contribution < 1.29 is 9.84 Å². The number of aliphatic hydroxyl groups is 1. The first-order valence-electron chi connectivity index (χ1n) is 4.73. The summed E-state index contributed by atoms with van der Waals surface area (Å²) in [6.07, 6.45) is 0.516. The molecule has 90 valence electrons. The van der Waals surface area contributed by atoms with Crippen molar-refractivity contribution in [2.45, 2.75) is 26.2 Å². The zero-order valence-corrected chi connectivity index (χ0v) is 11.1. The van der Waals surface area contributed by atoms with Crippen molar-refractivity contribution in [2.75, 3.05) is 6.61 Å². The molecule has 1 aromatic rings. The fourth-order valence-electron chi connectivity index (χ4n) is 1.18. The summed E-state index contributed by atoms with van der Waals surface area (Å²) in [5, 5.41) is 8.83. The molecule has 0 unspecified atom stereocenters. The molecule has 2 N–H and O–H groups in total. The molecule has 1 heterocycles. The zero-order chi connectivity index (χ0) is 12.3. The molecule has 0 saturated carbocycles. The lowest BCUT2D eigenvalue weighted by atomic mass is 10.4. The quantitative estimate of drug-likeness (QED) is 0.759. The third kappa shape index (κ3) is 3.16. The van der Waals surface area contributed by atoms with Gasteiger partial charge in [-0.15, -0.1) is 0 Å². The topological polar surface area (TPSA) is 84.3 Å². The predicted octanol–water partition coefficient (Wildman–Crippen LogP) is 0.0571. The summed E-state index contributed by atoms with van der Waals surface area (Å²) in [5.41, 5.74) is -0.938. The molecule has 0 aliphatic rings. The van der Waals surface area contributed by atoms with Crippen molar-refractivity contribution >= 4 is 22.6 Å². The van der Waals surface area contributed by atoms with Gasteiger partial charge in [0.25, 0.3) is 5.56 Å². The molecule has 0 aromatic carbocycles. The number of nitrogens with one attached hydrogen (secondary N) is 1. The van der Waals surface area contributed by atoms with Crippen LogP contribution in [0.5, 0.6) is 0 Å². The highest BCUT2D eigenvalue weighted by molar-refractivity contribution is 14.1. The Labute approximate surface area is 105 Å². The monoisotopic (exact) mass is 340 g/mol. The van der Waals surface area contributed by atoms with Crippen LogP contribution in [0.1, 0.15) is 20.1 Å². The van der Waals surface area contributed by atoms with Gasteiger partial charge in [0.1, 0.15) is 6.23 Å². The lowest BCUT2D eigenvalue weighted by Crippen LogP contribution is -2.34. The van der Waals surface area contributed by atoms with E-state index in [1.54, 1.807) is 13.8 Å². The highest BCUT2D eigenvalue weighted by Gasteiger charge is 2.12. The molecule has 0 aliphatic carbocycles. The molecule has 1 rings (SSSR count). The van der Waals surface area contributed by atoms with E-state index < -0.39 is 17.5 Å². The number of hydrogen-bond donors (Lipinski definition) is 2. The van der Waals surface area contributed by atoms with Crippen molar-refractivity contribution in [1.29, 1.82) is 0 Å². The fourth-order valence-corrected chi connectivity index (χ4v) is 1.61. The average molecular weight is 340 g/mol. The largest absolute Gasteiger partial charge is 0.394 e. The number of aliphatic hydroxyl groups excluding tert-OH is 1. The van der Waals surface area contributed by atoms with Gasteiger partial charge in [0.2, 0.25) is 0 Å². The highest BCUT2D eigenvalue weighted by Crippen LogP contribution is 2.08. The second-order valence-corrected chi connectivity index (χ2v) is 4.53. The van der Waals surface area contributed by atoms with E-state index in [0.717, 1.165) is 0 Å². The van der Waals surface area contributed by atoms with Crippen LogP contribution in [0.2, 0.25) is 0 Å². The molecule has 0 aliphatic heterocycles. The van der Waals surface area contributed by atoms with Gasteiger partial charge in [-0.3, -0.25) is 14.3 Å². The summed E-state index contributed by atoms with van der Waals surface area (Å²) < 4.78 is 7.03. The van der Waals surface area contributed by atoms with E-state index in [1.165, 1.54) is 10.8 Å². The lowest BCUT2D eigenvalue weighted by molar-refractivity contribution is -0.0581. The van der Waals surface area contributed by atoms with E-state index in [9.17, 15) is 9.59 Å². The van der Waals surface area contributed by atoms with Crippen LogP contribution in [0, 0.1) is 3.57 Å². The minimum absolute atomic E-state index is 0.125. The second kappa shape index (κ2) is 5.60. The van der Waals surface area contributed by atoms with Crippen LogP contribution in [0.15, 0.2) is 15.8 Å². The van der Waals surface area contributed by atoms with Crippen LogP contribution in [-0.4, -0.2) is 27.4 Å². The lowest BCUT2D eigenvalue weighted by Gasteiger charge is -2.19. The normalized spacial score (nSPS) is 14.8. The molecule has 0 fully saturated rings. The van der Waals surface area contributed by atoms with Crippen molar-refractivity contribution in [1.82, 2.24) is 9.55 Å². The third-order valence-corrected chi connectivity index (χ3v) is 2.77. The van der Waals surface area contributed by atoms with E-state index in [-0.39, 0.29) is 12.7 Å². The van der Waals surface area contributed by atoms with Gasteiger partial charge < -0.3 is 9.84 Å². The molecule has 2 atom stereocenters. The SMILES string of the molecule is C[C@@H](CO)O[C@H](C)n1cc(I)c(=O)[nH]c1=O. The maximum Gasteiger partial charge on any atom is 0.330 e. The Morgan fingerprint density at radius 1 is 1.56 bits per heavy atom. The molecular weight excluding hydrogens is 327 g/mol.